The molecular weight excluding hydrogens is 390 g/mol. The number of rotatable bonds is 7. The number of aliphatic carboxylic acids is 1. The third-order valence-electron chi connectivity index (χ3n) is 8.51. The Morgan fingerprint density at radius 3 is 2.26 bits per heavy atom. The maximum atomic E-state index is 13.3. The van der Waals surface area contributed by atoms with Crippen molar-refractivity contribution in [1.82, 2.24) is 14.7 Å². The molecule has 0 radical (unpaired) electrons. The average Bonchev–Trinajstić information content (AvgIpc) is 2.98. The van der Waals surface area contributed by atoms with Crippen LogP contribution in [0.5, 0.6) is 0 Å². The molecule has 6 nitrogen and oxygen atoms in total. The molecule has 1 N–H and O–H groups in total. The van der Waals surface area contributed by atoms with E-state index in [4.69, 9.17) is 0 Å². The lowest BCUT2D eigenvalue weighted by Gasteiger charge is -2.53. The number of amides is 2. The van der Waals surface area contributed by atoms with Gasteiger partial charge in [-0.25, -0.2) is 4.79 Å². The first kappa shape index (κ1) is 22.1. The quantitative estimate of drug-likeness (QED) is 0.710. The molecule has 6 heteroatoms. The molecule has 2 aliphatic carbocycles. The number of urea groups is 1. The van der Waals surface area contributed by atoms with Crippen molar-refractivity contribution in [1.29, 1.82) is 0 Å². The fourth-order valence-corrected chi connectivity index (χ4v) is 6.22. The highest BCUT2D eigenvalue weighted by atomic mass is 16.4. The minimum Gasteiger partial charge on any atom is -0.480 e. The third kappa shape index (κ3) is 3.84. The number of benzene rings is 1. The summed E-state index contributed by atoms with van der Waals surface area (Å²) in [6, 6.07) is 10.7. The molecule has 0 atom stereocenters. The van der Waals surface area contributed by atoms with Crippen LogP contribution in [0.1, 0.15) is 64.4 Å². The van der Waals surface area contributed by atoms with E-state index in [1.54, 1.807) is 4.90 Å². The number of hydrogen-bond acceptors (Lipinski definition) is 3. The Balaban J connectivity index is 1.62. The molecule has 1 aromatic rings. The predicted octanol–water partition coefficient (Wildman–Crippen LogP) is 4.16. The zero-order valence-electron chi connectivity index (χ0n) is 19.3. The zero-order valence-corrected chi connectivity index (χ0v) is 19.3. The lowest BCUT2D eigenvalue weighted by atomic mass is 9.66. The summed E-state index contributed by atoms with van der Waals surface area (Å²) in [5, 5.41) is 9.37. The monoisotopic (exact) mass is 427 g/mol. The van der Waals surface area contributed by atoms with Gasteiger partial charge >= 0.3 is 12.0 Å². The predicted molar refractivity (Wildman–Crippen MR) is 121 cm³/mol. The Kier molecular flexibility index (Phi) is 5.80. The highest BCUT2D eigenvalue weighted by molar-refractivity contribution is 5.83. The van der Waals surface area contributed by atoms with Crippen LogP contribution in [-0.2, 0) is 10.3 Å². The summed E-state index contributed by atoms with van der Waals surface area (Å²) in [4.78, 5) is 30.9. The van der Waals surface area contributed by atoms with Crippen molar-refractivity contribution in [3.05, 3.63) is 35.9 Å². The Morgan fingerprint density at radius 2 is 1.74 bits per heavy atom. The van der Waals surface area contributed by atoms with E-state index in [2.05, 4.69) is 61.0 Å². The summed E-state index contributed by atoms with van der Waals surface area (Å²) in [7, 11) is 2.20. The minimum atomic E-state index is -0.930. The lowest BCUT2D eigenvalue weighted by molar-refractivity contribution is -0.137. The van der Waals surface area contributed by atoms with Gasteiger partial charge in [0.2, 0.25) is 0 Å². The highest BCUT2D eigenvalue weighted by Gasteiger charge is 2.56. The number of hydrogen-bond donors (Lipinski definition) is 1. The molecule has 0 unspecified atom stereocenters. The highest BCUT2D eigenvalue weighted by Crippen LogP contribution is 2.51. The van der Waals surface area contributed by atoms with Gasteiger partial charge < -0.3 is 14.9 Å². The van der Waals surface area contributed by atoms with Gasteiger partial charge in [0.15, 0.2) is 0 Å². The van der Waals surface area contributed by atoms with Crippen molar-refractivity contribution in [2.45, 2.75) is 69.9 Å². The summed E-state index contributed by atoms with van der Waals surface area (Å²) >= 11 is 0. The van der Waals surface area contributed by atoms with Crippen molar-refractivity contribution in [2.75, 3.05) is 33.2 Å². The number of carbonyl (C=O) groups is 2. The Morgan fingerprint density at radius 1 is 1.10 bits per heavy atom. The molecule has 0 bridgehead atoms. The molecule has 170 valence electrons. The molecule has 1 aromatic carbocycles. The Labute approximate surface area is 186 Å². The number of carboxylic acid groups (broad SMARTS) is 1. The van der Waals surface area contributed by atoms with Crippen LogP contribution in [0.15, 0.2) is 30.3 Å². The van der Waals surface area contributed by atoms with Crippen LogP contribution in [0.3, 0.4) is 0 Å². The topological polar surface area (TPSA) is 64.1 Å². The number of carbonyl (C=O) groups excluding carboxylic acids is 1. The van der Waals surface area contributed by atoms with Gasteiger partial charge in [0.1, 0.15) is 6.54 Å². The second-order valence-corrected chi connectivity index (χ2v) is 10.4. The van der Waals surface area contributed by atoms with Crippen LogP contribution < -0.4 is 0 Å². The van der Waals surface area contributed by atoms with Gasteiger partial charge in [0, 0.05) is 18.6 Å². The Bertz CT molecular complexity index is 813. The normalized spacial score (nSPS) is 30.1. The van der Waals surface area contributed by atoms with E-state index in [-0.39, 0.29) is 29.1 Å². The van der Waals surface area contributed by atoms with E-state index in [1.165, 1.54) is 12.0 Å². The fourth-order valence-electron chi connectivity index (χ4n) is 6.22. The molecule has 4 rings (SSSR count). The van der Waals surface area contributed by atoms with E-state index < -0.39 is 5.97 Å². The molecule has 3 fully saturated rings. The van der Waals surface area contributed by atoms with Crippen LogP contribution in [-0.4, -0.2) is 70.6 Å². The van der Waals surface area contributed by atoms with Gasteiger partial charge in [-0.05, 0) is 63.1 Å². The molecule has 1 saturated heterocycles. The Hall–Kier alpha value is -2.08. The molecule has 1 aliphatic heterocycles. The molecule has 31 heavy (non-hydrogen) atoms. The van der Waals surface area contributed by atoms with Gasteiger partial charge in [-0.2, -0.15) is 0 Å². The second-order valence-electron chi connectivity index (χ2n) is 10.4. The van der Waals surface area contributed by atoms with Gasteiger partial charge in [-0.3, -0.25) is 9.69 Å². The molecular formula is C25H37N3O3. The van der Waals surface area contributed by atoms with Gasteiger partial charge in [0.05, 0.1) is 5.54 Å². The fraction of sp³-hybridized carbons (Fsp3) is 0.680. The maximum absolute atomic E-state index is 13.3. The molecule has 2 saturated carbocycles. The van der Waals surface area contributed by atoms with E-state index in [9.17, 15) is 14.7 Å². The van der Waals surface area contributed by atoms with Crippen LogP contribution in [0.25, 0.3) is 0 Å². The number of carboxylic acids is 1. The summed E-state index contributed by atoms with van der Waals surface area (Å²) in [6.45, 7) is 6.53. The van der Waals surface area contributed by atoms with Crippen molar-refractivity contribution in [3.8, 4) is 0 Å². The largest absolute Gasteiger partial charge is 0.480 e. The standard InChI is InChI=1S/C25H37N3O3/c1-4-26(3)25(20-9-6-5-7-10-20)15-13-24(14-16-25)19-27(17-21(29)30)22(31)28(24)18-23(2)11-8-12-23/h5-7,9-10H,4,8,11-19H2,1-3H3,(H,29,30). The zero-order chi connectivity index (χ0) is 22.3. The van der Waals surface area contributed by atoms with Crippen molar-refractivity contribution >= 4 is 12.0 Å². The van der Waals surface area contributed by atoms with E-state index in [0.717, 1.165) is 51.6 Å². The molecule has 1 heterocycles. The first-order valence-electron chi connectivity index (χ1n) is 11.8. The molecule has 2 amide bonds. The number of nitrogens with zero attached hydrogens (tertiary/aromatic N) is 3. The minimum absolute atomic E-state index is 0.0312. The van der Waals surface area contributed by atoms with Crippen LogP contribution in [0.4, 0.5) is 4.79 Å². The van der Waals surface area contributed by atoms with Crippen molar-refractivity contribution in [2.24, 2.45) is 5.41 Å². The second kappa shape index (κ2) is 8.12. The SMILES string of the molecule is CCN(C)C1(c2ccccc2)CCC2(CC1)CN(CC(=O)O)C(=O)N2CC1(C)CCC1. The first-order valence-corrected chi connectivity index (χ1v) is 11.8. The van der Waals surface area contributed by atoms with Crippen molar-refractivity contribution < 1.29 is 14.7 Å². The van der Waals surface area contributed by atoms with Gasteiger partial charge in [0.25, 0.3) is 0 Å². The van der Waals surface area contributed by atoms with Gasteiger partial charge in [-0.1, -0.05) is 50.6 Å². The van der Waals surface area contributed by atoms with E-state index >= 15 is 0 Å². The molecule has 3 aliphatic rings. The summed E-state index contributed by atoms with van der Waals surface area (Å²) in [5.41, 5.74) is 1.24. The third-order valence-corrected chi connectivity index (χ3v) is 8.51. The van der Waals surface area contributed by atoms with Crippen LogP contribution >= 0.6 is 0 Å². The lowest BCUT2D eigenvalue weighted by Crippen LogP contribution is -2.58. The smallest absolute Gasteiger partial charge is 0.323 e. The van der Waals surface area contributed by atoms with Crippen molar-refractivity contribution in [3.63, 3.8) is 0 Å². The maximum Gasteiger partial charge on any atom is 0.323 e. The van der Waals surface area contributed by atoms with Crippen LogP contribution in [0, 0.1) is 5.41 Å². The molecule has 0 aromatic heterocycles. The summed E-state index contributed by atoms with van der Waals surface area (Å²) in [5.74, 6) is -0.930. The van der Waals surface area contributed by atoms with E-state index in [1.807, 2.05) is 0 Å². The van der Waals surface area contributed by atoms with Crippen LogP contribution in [0.2, 0.25) is 0 Å². The summed E-state index contributed by atoms with van der Waals surface area (Å²) < 4.78 is 0. The van der Waals surface area contributed by atoms with Gasteiger partial charge in [-0.15, -0.1) is 0 Å². The average molecular weight is 428 g/mol. The first-order chi connectivity index (χ1) is 14.7. The molecule has 1 spiro atoms. The summed E-state index contributed by atoms with van der Waals surface area (Å²) in [6.07, 6.45) is 7.29. The van der Waals surface area contributed by atoms with E-state index in [0.29, 0.717) is 6.54 Å².